The predicted molar refractivity (Wildman–Crippen MR) is 195 cm³/mol. The van der Waals surface area contributed by atoms with Gasteiger partial charge in [0.1, 0.15) is 18.2 Å². The van der Waals surface area contributed by atoms with Gasteiger partial charge in [-0.05, 0) is 42.9 Å². The number of carbonyl (C=O) groups is 4. The van der Waals surface area contributed by atoms with Crippen molar-refractivity contribution in [3.63, 3.8) is 0 Å². The zero-order valence-electron chi connectivity index (χ0n) is 28.6. The van der Waals surface area contributed by atoms with E-state index in [2.05, 4.69) is 34.4 Å². The van der Waals surface area contributed by atoms with Crippen LogP contribution in [0.3, 0.4) is 0 Å². The minimum atomic E-state index is -1.38. The van der Waals surface area contributed by atoms with Gasteiger partial charge >= 0.3 is 5.97 Å². The van der Waals surface area contributed by atoms with Gasteiger partial charge in [-0.15, -0.1) is 13.2 Å². The highest BCUT2D eigenvalue weighted by Gasteiger charge is 2.77. The van der Waals surface area contributed by atoms with Crippen LogP contribution in [0.5, 0.6) is 0 Å². The Morgan fingerprint density at radius 2 is 1.90 bits per heavy atom. The number of aliphatic hydroxyl groups is 1. The van der Waals surface area contributed by atoms with Crippen LogP contribution in [-0.2, 0) is 28.7 Å². The number of para-hydroxylation sites is 1. The summed E-state index contributed by atoms with van der Waals surface area (Å²) in [5.41, 5.74) is 0.576. The van der Waals surface area contributed by atoms with Gasteiger partial charge in [0, 0.05) is 17.8 Å². The van der Waals surface area contributed by atoms with Crippen molar-refractivity contribution in [1.82, 2.24) is 10.2 Å². The first-order valence-electron chi connectivity index (χ1n) is 17.0. The van der Waals surface area contributed by atoms with Crippen LogP contribution in [0.2, 0.25) is 5.02 Å². The first-order valence-corrected chi connectivity index (χ1v) is 18.2. The van der Waals surface area contributed by atoms with E-state index in [-0.39, 0.29) is 36.7 Å². The van der Waals surface area contributed by atoms with Gasteiger partial charge < -0.3 is 29.7 Å². The number of fused-ring (bicyclic) bond motifs is 1. The number of rotatable bonds is 15. The largest absolute Gasteiger partial charge is 0.463 e. The SMILES string of the molecule is C=CCCC(=O)OC[C@H](NC(=O)[C@H]1[C@@H]2O[C@@]3(CC2Br)[C@@H]1C(=O)N([C@@H](CO)C(C)C)[C@@H]3C(=O)N(CC=C)c1c(C)cccc1Cl)c1ccccc1. The first-order chi connectivity index (χ1) is 23.9. The molecule has 12 heteroatoms. The molecule has 3 heterocycles. The van der Waals surface area contributed by atoms with Crippen molar-refractivity contribution in [3.8, 4) is 0 Å². The lowest BCUT2D eigenvalue weighted by Crippen LogP contribution is -2.60. The maximum absolute atomic E-state index is 15.0. The van der Waals surface area contributed by atoms with Gasteiger partial charge in [0.2, 0.25) is 11.8 Å². The molecule has 1 unspecified atom stereocenters. The van der Waals surface area contributed by atoms with Crippen molar-refractivity contribution in [3.05, 3.63) is 90.0 Å². The highest BCUT2D eigenvalue weighted by atomic mass is 79.9. The molecule has 3 saturated heterocycles. The van der Waals surface area contributed by atoms with Crippen molar-refractivity contribution < 1.29 is 33.8 Å². The molecule has 0 radical (unpaired) electrons. The maximum atomic E-state index is 15.0. The molecule has 2 aromatic carbocycles. The van der Waals surface area contributed by atoms with E-state index in [1.165, 1.54) is 9.80 Å². The van der Waals surface area contributed by atoms with Crippen molar-refractivity contribution in [1.29, 1.82) is 0 Å². The number of amides is 3. The topological polar surface area (TPSA) is 125 Å². The van der Waals surface area contributed by atoms with Crippen LogP contribution in [0.15, 0.2) is 73.8 Å². The van der Waals surface area contributed by atoms with Crippen LogP contribution in [0, 0.1) is 24.7 Å². The standard InChI is InChI=1S/C38H45BrClN3O7/c1-6-8-17-29(45)49-21-27(24-14-10-9-11-15-24)41-35(46)30-31-36(47)43(28(20-44)22(3)4)34(38(31)19-25(39)33(30)50-38)37(48)42(18-7-2)32-23(5)13-12-16-26(32)40/h6-7,9-16,22,25,27-28,30-31,33-34,44H,1-2,8,17-21H2,3-5H3,(H,41,46)/t25?,27-,28-,30+,31-,33+,34+,38-/m0/s1. The number of alkyl halides is 1. The molecule has 3 fully saturated rings. The Morgan fingerprint density at radius 3 is 2.52 bits per heavy atom. The number of esters is 1. The number of nitrogens with one attached hydrogen (secondary N) is 1. The lowest BCUT2D eigenvalue weighted by atomic mass is 9.70. The summed E-state index contributed by atoms with van der Waals surface area (Å²) in [5.74, 6) is -3.99. The molecule has 268 valence electrons. The van der Waals surface area contributed by atoms with E-state index in [1.807, 2.05) is 57.2 Å². The summed E-state index contributed by atoms with van der Waals surface area (Å²) in [6.07, 6.45) is 3.40. The van der Waals surface area contributed by atoms with Gasteiger partial charge in [-0.2, -0.15) is 0 Å². The molecule has 0 saturated carbocycles. The Kier molecular flexibility index (Phi) is 11.9. The van der Waals surface area contributed by atoms with Crippen LogP contribution in [0.1, 0.15) is 50.3 Å². The number of allylic oxidation sites excluding steroid dienone is 1. The Labute approximate surface area is 306 Å². The Morgan fingerprint density at radius 1 is 1.18 bits per heavy atom. The number of benzene rings is 2. The summed E-state index contributed by atoms with van der Waals surface area (Å²) in [6.45, 7) is 12.7. The van der Waals surface area contributed by atoms with Crippen molar-refractivity contribution >= 4 is 56.9 Å². The smallest absolute Gasteiger partial charge is 0.306 e. The van der Waals surface area contributed by atoms with Crippen molar-refractivity contribution in [2.24, 2.45) is 17.8 Å². The van der Waals surface area contributed by atoms with Gasteiger partial charge in [0.25, 0.3) is 5.91 Å². The molecule has 8 atom stereocenters. The van der Waals surface area contributed by atoms with Crippen LogP contribution >= 0.6 is 27.5 Å². The number of likely N-dealkylation sites (tertiary alicyclic amines) is 1. The molecule has 2 N–H and O–H groups in total. The molecule has 3 aliphatic rings. The second kappa shape index (κ2) is 15.8. The van der Waals surface area contributed by atoms with E-state index >= 15 is 4.79 Å². The van der Waals surface area contributed by atoms with E-state index in [4.69, 9.17) is 21.1 Å². The quantitative estimate of drug-likeness (QED) is 0.143. The van der Waals surface area contributed by atoms with Crippen LogP contribution in [0.25, 0.3) is 0 Å². The number of aryl methyl sites for hydroxylation is 1. The molecule has 0 aliphatic carbocycles. The number of nitrogens with zero attached hydrogens (tertiary/aromatic N) is 2. The zero-order chi connectivity index (χ0) is 36.3. The van der Waals surface area contributed by atoms with Crippen molar-refractivity contribution in [2.75, 3.05) is 24.7 Å². The average Bonchev–Trinajstić information content (AvgIpc) is 3.68. The molecule has 0 aromatic heterocycles. The third-order valence-corrected chi connectivity index (χ3v) is 11.2. The molecule has 50 heavy (non-hydrogen) atoms. The number of anilines is 1. The van der Waals surface area contributed by atoms with Crippen LogP contribution < -0.4 is 10.2 Å². The molecule has 1 spiro atoms. The molecule has 10 nitrogen and oxygen atoms in total. The van der Waals surface area contributed by atoms with Gasteiger partial charge in [-0.3, -0.25) is 19.2 Å². The van der Waals surface area contributed by atoms with Gasteiger partial charge in [-0.1, -0.05) is 96.0 Å². The molecule has 3 amide bonds. The lowest BCUT2D eigenvalue weighted by molar-refractivity contribution is -0.147. The molecular weight excluding hydrogens is 726 g/mol. The average molecular weight is 771 g/mol. The van der Waals surface area contributed by atoms with E-state index in [9.17, 15) is 19.5 Å². The predicted octanol–water partition coefficient (Wildman–Crippen LogP) is 5.30. The van der Waals surface area contributed by atoms with Gasteiger partial charge in [0.15, 0.2) is 0 Å². The Bertz CT molecular complexity index is 1600. The van der Waals surface area contributed by atoms with Crippen LogP contribution in [-0.4, -0.2) is 82.1 Å². The van der Waals surface area contributed by atoms with Gasteiger partial charge in [0.05, 0.1) is 47.3 Å². The lowest BCUT2D eigenvalue weighted by Gasteiger charge is -2.40. The number of hydrogen-bond acceptors (Lipinski definition) is 7. The molecule has 5 rings (SSSR count). The Hall–Kier alpha value is -3.51. The number of carbonyl (C=O) groups excluding carboxylic acids is 4. The normalized spacial score (nSPS) is 26.3. The minimum Gasteiger partial charge on any atom is -0.463 e. The fraction of sp³-hybridized carbons (Fsp3) is 0.474. The van der Waals surface area contributed by atoms with Crippen molar-refractivity contribution in [2.45, 2.75) is 74.7 Å². The Balaban J connectivity index is 1.55. The molecule has 2 aromatic rings. The van der Waals surface area contributed by atoms with E-state index in [0.29, 0.717) is 22.7 Å². The molecule has 3 aliphatic heterocycles. The monoisotopic (exact) mass is 769 g/mol. The minimum absolute atomic E-state index is 0.101. The van der Waals surface area contributed by atoms with E-state index < -0.39 is 72.0 Å². The third-order valence-electron chi connectivity index (χ3n) is 10.1. The summed E-state index contributed by atoms with van der Waals surface area (Å²) in [7, 11) is 0. The fourth-order valence-corrected chi connectivity index (χ4v) is 9.07. The number of ether oxygens (including phenoxy) is 2. The van der Waals surface area contributed by atoms with E-state index in [0.717, 1.165) is 5.56 Å². The number of halogens is 2. The van der Waals surface area contributed by atoms with Crippen LogP contribution in [0.4, 0.5) is 5.69 Å². The second-order valence-electron chi connectivity index (χ2n) is 13.5. The highest BCUT2D eigenvalue weighted by molar-refractivity contribution is 9.09. The van der Waals surface area contributed by atoms with E-state index in [1.54, 1.807) is 24.3 Å². The number of hydrogen-bond donors (Lipinski definition) is 2. The fourth-order valence-electron chi connectivity index (χ4n) is 7.80. The molecular formula is C38H45BrClN3O7. The van der Waals surface area contributed by atoms with Gasteiger partial charge in [-0.25, -0.2) is 0 Å². The highest BCUT2D eigenvalue weighted by Crippen LogP contribution is 2.61. The summed E-state index contributed by atoms with van der Waals surface area (Å²) in [4.78, 5) is 59.3. The molecule has 2 bridgehead atoms. The third kappa shape index (κ3) is 6.89. The maximum Gasteiger partial charge on any atom is 0.306 e. The summed E-state index contributed by atoms with van der Waals surface area (Å²) in [6, 6.07) is 11.9. The summed E-state index contributed by atoms with van der Waals surface area (Å²) >= 11 is 10.4. The first kappa shape index (κ1) is 37.7. The zero-order valence-corrected chi connectivity index (χ0v) is 30.9. The summed E-state index contributed by atoms with van der Waals surface area (Å²) < 4.78 is 12.3. The second-order valence-corrected chi connectivity index (χ2v) is 15.1. The summed E-state index contributed by atoms with van der Waals surface area (Å²) in [5, 5.41) is 14.1. The number of aliphatic hydroxyl groups excluding tert-OH is 1.